The van der Waals surface area contributed by atoms with Crippen LogP contribution in [0, 0.1) is 5.92 Å². The van der Waals surface area contributed by atoms with E-state index in [1.807, 2.05) is 38.2 Å². The number of carboxylic acids is 1. The highest BCUT2D eigenvalue weighted by molar-refractivity contribution is 5.92. The number of pyridine rings is 1. The van der Waals surface area contributed by atoms with Crippen LogP contribution in [0.1, 0.15) is 29.3 Å². The Balaban J connectivity index is 0.00000280. The molecule has 28 heavy (non-hydrogen) atoms. The van der Waals surface area contributed by atoms with Gasteiger partial charge in [0.25, 0.3) is 5.56 Å². The number of hydrogen-bond acceptors (Lipinski definition) is 5. The minimum atomic E-state index is -1.43. The number of benzene rings is 1. The standard InChI is InChI=1S/C20H25N3O4.ClH/c1-3-15-17(22-19(25)16(18(15)24)20(26)27)13-4-6-14(7-5-13)23-9-8-12(11-23)10-21-2;/h4-7,12,21H,3,8-11H2,1-2H3,(H,26,27)(H2,22,24,25);1H. The van der Waals surface area contributed by atoms with Crippen LogP contribution < -0.4 is 15.8 Å². The molecule has 0 radical (unpaired) electrons. The average molecular weight is 408 g/mol. The molecule has 152 valence electrons. The second-order valence-electron chi connectivity index (χ2n) is 6.90. The van der Waals surface area contributed by atoms with Crippen LogP contribution in [0.2, 0.25) is 0 Å². The van der Waals surface area contributed by atoms with E-state index < -0.39 is 22.8 Å². The monoisotopic (exact) mass is 407 g/mol. The summed E-state index contributed by atoms with van der Waals surface area (Å²) >= 11 is 0. The van der Waals surface area contributed by atoms with Crippen molar-refractivity contribution in [2.45, 2.75) is 19.8 Å². The Morgan fingerprint density at radius 2 is 2.00 bits per heavy atom. The van der Waals surface area contributed by atoms with Crippen LogP contribution in [0.15, 0.2) is 29.1 Å². The number of aromatic hydroxyl groups is 1. The third-order valence-electron chi connectivity index (χ3n) is 5.16. The van der Waals surface area contributed by atoms with E-state index in [9.17, 15) is 14.7 Å². The van der Waals surface area contributed by atoms with Crippen LogP contribution in [0.3, 0.4) is 0 Å². The highest BCUT2D eigenvalue weighted by atomic mass is 35.5. The Kier molecular flexibility index (Phi) is 7.10. The highest BCUT2D eigenvalue weighted by Gasteiger charge is 2.23. The maximum absolute atomic E-state index is 12.1. The fraction of sp³-hybridized carbons (Fsp3) is 0.400. The summed E-state index contributed by atoms with van der Waals surface area (Å²) in [7, 11) is 1.97. The van der Waals surface area contributed by atoms with E-state index in [4.69, 9.17) is 5.11 Å². The first-order valence-corrected chi connectivity index (χ1v) is 9.17. The molecule has 1 fully saturated rings. The smallest absolute Gasteiger partial charge is 0.345 e. The minimum Gasteiger partial charge on any atom is -0.506 e. The molecule has 0 aliphatic carbocycles. The average Bonchev–Trinajstić information content (AvgIpc) is 3.10. The Morgan fingerprint density at radius 3 is 2.57 bits per heavy atom. The molecule has 1 aromatic heterocycles. The van der Waals surface area contributed by atoms with Crippen LogP contribution in [0.4, 0.5) is 5.69 Å². The van der Waals surface area contributed by atoms with Crippen molar-refractivity contribution in [1.29, 1.82) is 0 Å². The van der Waals surface area contributed by atoms with Crippen LogP contribution in [-0.2, 0) is 6.42 Å². The molecule has 7 nitrogen and oxygen atoms in total. The number of nitrogens with one attached hydrogen (secondary N) is 2. The molecular formula is C20H26ClN3O4. The van der Waals surface area contributed by atoms with Crippen LogP contribution in [0.25, 0.3) is 11.3 Å². The zero-order chi connectivity index (χ0) is 19.6. The summed E-state index contributed by atoms with van der Waals surface area (Å²) in [6.07, 6.45) is 1.55. The van der Waals surface area contributed by atoms with Crippen molar-refractivity contribution in [1.82, 2.24) is 10.3 Å². The number of aromatic nitrogens is 1. The van der Waals surface area contributed by atoms with Gasteiger partial charge in [0.2, 0.25) is 0 Å². The van der Waals surface area contributed by atoms with Gasteiger partial charge in [-0.3, -0.25) is 4.79 Å². The molecule has 1 unspecified atom stereocenters. The van der Waals surface area contributed by atoms with E-state index in [-0.39, 0.29) is 12.4 Å². The fourth-order valence-electron chi connectivity index (χ4n) is 3.78. The lowest BCUT2D eigenvalue weighted by atomic mass is 10.0. The number of nitrogens with zero attached hydrogens (tertiary/aromatic N) is 1. The number of carboxylic acid groups (broad SMARTS) is 1. The number of halogens is 1. The van der Waals surface area contributed by atoms with Crippen molar-refractivity contribution in [3.8, 4) is 17.0 Å². The van der Waals surface area contributed by atoms with E-state index in [0.717, 1.165) is 37.3 Å². The molecule has 1 aliphatic heterocycles. The normalized spacial score (nSPS) is 16.1. The summed E-state index contributed by atoms with van der Waals surface area (Å²) in [5.41, 5.74) is 1.33. The number of aromatic amines is 1. The molecule has 2 heterocycles. The minimum absolute atomic E-state index is 0. The van der Waals surface area contributed by atoms with Gasteiger partial charge in [0.1, 0.15) is 5.75 Å². The van der Waals surface area contributed by atoms with Gasteiger partial charge in [0.05, 0.1) is 5.69 Å². The van der Waals surface area contributed by atoms with Crippen molar-refractivity contribution in [2.75, 3.05) is 31.6 Å². The second-order valence-corrected chi connectivity index (χ2v) is 6.90. The first-order valence-electron chi connectivity index (χ1n) is 9.17. The van der Waals surface area contributed by atoms with Gasteiger partial charge in [-0.15, -0.1) is 12.4 Å². The number of aromatic carboxylic acids is 1. The second kappa shape index (κ2) is 9.12. The Bertz CT molecular complexity index is 896. The topological polar surface area (TPSA) is 106 Å². The molecule has 1 aromatic carbocycles. The first-order chi connectivity index (χ1) is 13.0. The van der Waals surface area contributed by atoms with Crippen LogP contribution >= 0.6 is 12.4 Å². The molecule has 4 N–H and O–H groups in total. The van der Waals surface area contributed by atoms with Crippen molar-refractivity contribution in [3.05, 3.63) is 45.7 Å². The van der Waals surface area contributed by atoms with E-state index in [2.05, 4.69) is 15.2 Å². The Morgan fingerprint density at radius 1 is 1.32 bits per heavy atom. The zero-order valence-corrected chi connectivity index (χ0v) is 16.8. The van der Waals surface area contributed by atoms with E-state index >= 15 is 0 Å². The maximum Gasteiger partial charge on any atom is 0.345 e. The summed E-state index contributed by atoms with van der Waals surface area (Å²) in [5.74, 6) is -1.25. The zero-order valence-electron chi connectivity index (χ0n) is 16.0. The molecule has 1 atom stereocenters. The molecule has 3 rings (SSSR count). The number of carbonyl (C=O) groups is 1. The van der Waals surface area contributed by atoms with Gasteiger partial charge in [-0.05, 0) is 50.0 Å². The van der Waals surface area contributed by atoms with Gasteiger partial charge in [0, 0.05) is 24.3 Å². The predicted molar refractivity (Wildman–Crippen MR) is 112 cm³/mol. The summed E-state index contributed by atoms with van der Waals surface area (Å²) in [6, 6.07) is 7.78. The van der Waals surface area contributed by atoms with E-state index in [0.29, 0.717) is 23.6 Å². The summed E-state index contributed by atoms with van der Waals surface area (Å²) in [6.45, 7) is 4.83. The molecule has 0 amide bonds. The third-order valence-corrected chi connectivity index (χ3v) is 5.16. The molecule has 0 bridgehead atoms. The van der Waals surface area contributed by atoms with Gasteiger partial charge in [-0.25, -0.2) is 4.79 Å². The lowest BCUT2D eigenvalue weighted by Crippen LogP contribution is -2.24. The van der Waals surface area contributed by atoms with E-state index in [1.165, 1.54) is 0 Å². The molecular weight excluding hydrogens is 382 g/mol. The molecule has 0 saturated carbocycles. The van der Waals surface area contributed by atoms with Crippen molar-refractivity contribution in [3.63, 3.8) is 0 Å². The third kappa shape index (κ3) is 4.15. The van der Waals surface area contributed by atoms with Gasteiger partial charge < -0.3 is 25.4 Å². The van der Waals surface area contributed by atoms with Crippen LogP contribution in [-0.4, -0.2) is 47.8 Å². The number of rotatable bonds is 6. The van der Waals surface area contributed by atoms with Crippen molar-refractivity contribution >= 4 is 24.1 Å². The fourth-order valence-corrected chi connectivity index (χ4v) is 3.78. The highest BCUT2D eigenvalue weighted by Crippen LogP contribution is 2.31. The maximum atomic E-state index is 12.1. The number of hydrogen-bond donors (Lipinski definition) is 4. The SMILES string of the molecule is CCc1c(-c2ccc(N3CCC(CNC)C3)cc2)[nH]c(=O)c(C(=O)O)c1O.Cl. The van der Waals surface area contributed by atoms with Gasteiger partial charge in [0.15, 0.2) is 5.56 Å². The predicted octanol–water partition coefficient (Wildman–Crippen LogP) is 2.48. The molecule has 1 saturated heterocycles. The number of anilines is 1. The molecule has 1 aliphatic rings. The Hall–Kier alpha value is -2.51. The largest absolute Gasteiger partial charge is 0.506 e. The lowest BCUT2D eigenvalue weighted by molar-refractivity contribution is 0.0691. The van der Waals surface area contributed by atoms with E-state index in [1.54, 1.807) is 0 Å². The quantitative estimate of drug-likeness (QED) is 0.586. The summed E-state index contributed by atoms with van der Waals surface area (Å²) < 4.78 is 0. The first kappa shape index (κ1) is 21.8. The van der Waals surface area contributed by atoms with Gasteiger partial charge in [-0.2, -0.15) is 0 Å². The molecule has 2 aromatic rings. The summed E-state index contributed by atoms with van der Waals surface area (Å²) in [4.78, 5) is 28.3. The van der Waals surface area contributed by atoms with Gasteiger partial charge in [-0.1, -0.05) is 19.1 Å². The summed E-state index contributed by atoms with van der Waals surface area (Å²) in [5, 5.41) is 22.7. The van der Waals surface area contributed by atoms with Gasteiger partial charge >= 0.3 is 5.97 Å². The van der Waals surface area contributed by atoms with Crippen LogP contribution in [0.5, 0.6) is 5.75 Å². The Labute approximate surface area is 169 Å². The molecule has 8 heteroatoms. The lowest BCUT2D eigenvalue weighted by Gasteiger charge is -2.19. The number of H-pyrrole nitrogens is 1. The van der Waals surface area contributed by atoms with Crippen molar-refractivity contribution in [2.24, 2.45) is 5.92 Å². The van der Waals surface area contributed by atoms with Crippen molar-refractivity contribution < 1.29 is 15.0 Å². The molecule has 0 spiro atoms.